The lowest BCUT2D eigenvalue weighted by atomic mass is 10.1. The summed E-state index contributed by atoms with van der Waals surface area (Å²) in [5.74, 6) is 0.791. The second kappa shape index (κ2) is 5.18. The van der Waals surface area contributed by atoms with E-state index in [-0.39, 0.29) is 0 Å². The average Bonchev–Trinajstić information content (AvgIpc) is 3.00. The molecule has 3 aromatic rings. The molecular weight excluding hydrogens is 264 g/mol. The van der Waals surface area contributed by atoms with E-state index in [9.17, 15) is 0 Å². The van der Waals surface area contributed by atoms with Crippen LogP contribution in [0, 0.1) is 0 Å². The van der Waals surface area contributed by atoms with Crippen molar-refractivity contribution in [2.24, 2.45) is 0 Å². The van der Waals surface area contributed by atoms with E-state index in [1.807, 2.05) is 30.5 Å². The van der Waals surface area contributed by atoms with Crippen LogP contribution in [0.3, 0.4) is 0 Å². The summed E-state index contributed by atoms with van der Waals surface area (Å²) in [6.07, 6.45) is 3.59. The third kappa shape index (κ3) is 2.25. The largest absolute Gasteiger partial charge is 0.464 e. The molecule has 1 fully saturated rings. The maximum Gasteiger partial charge on any atom is 0.225 e. The standard InChI is InChI=1S/C16H16N4O/c1-2-4-15-12(3-1)13(11-21-15)14-5-6-18-16(19-14)20-9-7-17-8-10-20/h1-6,11,17H,7-10H2. The van der Waals surface area contributed by atoms with Gasteiger partial charge in [0.2, 0.25) is 5.95 Å². The predicted molar refractivity (Wildman–Crippen MR) is 82.3 cm³/mol. The lowest BCUT2D eigenvalue weighted by Crippen LogP contribution is -2.44. The Morgan fingerprint density at radius 2 is 1.95 bits per heavy atom. The number of benzene rings is 1. The van der Waals surface area contributed by atoms with E-state index < -0.39 is 0 Å². The minimum absolute atomic E-state index is 0.791. The van der Waals surface area contributed by atoms with E-state index in [0.717, 1.165) is 54.4 Å². The predicted octanol–water partition coefficient (Wildman–Crippen LogP) is 2.30. The average molecular weight is 280 g/mol. The molecule has 0 amide bonds. The van der Waals surface area contributed by atoms with Gasteiger partial charge in [-0.15, -0.1) is 0 Å². The fourth-order valence-electron chi connectivity index (χ4n) is 2.69. The highest BCUT2D eigenvalue weighted by molar-refractivity contribution is 5.92. The summed E-state index contributed by atoms with van der Waals surface area (Å²) in [4.78, 5) is 11.3. The molecule has 0 aliphatic carbocycles. The first kappa shape index (κ1) is 12.3. The number of furan rings is 1. The van der Waals surface area contributed by atoms with Gasteiger partial charge in [-0.05, 0) is 12.1 Å². The highest BCUT2D eigenvalue weighted by Crippen LogP contribution is 2.29. The molecule has 1 saturated heterocycles. The number of nitrogens with zero attached hydrogens (tertiary/aromatic N) is 3. The van der Waals surface area contributed by atoms with Crippen molar-refractivity contribution in [3.05, 3.63) is 42.8 Å². The van der Waals surface area contributed by atoms with Crippen LogP contribution in [0.5, 0.6) is 0 Å². The summed E-state index contributed by atoms with van der Waals surface area (Å²) in [5, 5.41) is 4.42. The fraction of sp³-hybridized carbons (Fsp3) is 0.250. The van der Waals surface area contributed by atoms with E-state index in [4.69, 9.17) is 9.40 Å². The quantitative estimate of drug-likeness (QED) is 0.780. The molecule has 4 rings (SSSR count). The van der Waals surface area contributed by atoms with Crippen LogP contribution in [0.1, 0.15) is 0 Å². The fourth-order valence-corrected chi connectivity index (χ4v) is 2.69. The number of para-hydroxylation sites is 1. The maximum absolute atomic E-state index is 5.60. The number of nitrogens with one attached hydrogen (secondary N) is 1. The first-order valence-electron chi connectivity index (χ1n) is 7.17. The Kier molecular flexibility index (Phi) is 3.05. The molecule has 1 aromatic carbocycles. The van der Waals surface area contributed by atoms with Crippen molar-refractivity contribution in [3.8, 4) is 11.3 Å². The van der Waals surface area contributed by atoms with Gasteiger partial charge in [0, 0.05) is 43.3 Å². The molecule has 1 aliphatic rings. The highest BCUT2D eigenvalue weighted by Gasteiger charge is 2.15. The zero-order chi connectivity index (χ0) is 14.1. The summed E-state index contributed by atoms with van der Waals surface area (Å²) >= 11 is 0. The van der Waals surface area contributed by atoms with E-state index in [0.29, 0.717) is 0 Å². The number of piperazine rings is 1. The first-order valence-corrected chi connectivity index (χ1v) is 7.17. The molecule has 5 nitrogen and oxygen atoms in total. The second-order valence-corrected chi connectivity index (χ2v) is 5.12. The van der Waals surface area contributed by atoms with E-state index in [1.54, 1.807) is 6.26 Å². The van der Waals surface area contributed by atoms with Gasteiger partial charge in [-0.3, -0.25) is 0 Å². The van der Waals surface area contributed by atoms with Gasteiger partial charge >= 0.3 is 0 Å². The Morgan fingerprint density at radius 1 is 1.10 bits per heavy atom. The summed E-state index contributed by atoms with van der Waals surface area (Å²) in [6.45, 7) is 3.83. The van der Waals surface area contributed by atoms with Gasteiger partial charge in [-0.2, -0.15) is 0 Å². The third-order valence-electron chi connectivity index (χ3n) is 3.80. The summed E-state index contributed by atoms with van der Waals surface area (Å²) in [5.41, 5.74) is 2.81. The van der Waals surface area contributed by atoms with Gasteiger partial charge in [-0.25, -0.2) is 9.97 Å². The Bertz CT molecular complexity index is 762. The van der Waals surface area contributed by atoms with Crippen molar-refractivity contribution >= 4 is 16.9 Å². The van der Waals surface area contributed by atoms with Crippen molar-refractivity contribution in [3.63, 3.8) is 0 Å². The summed E-state index contributed by atoms with van der Waals surface area (Å²) in [7, 11) is 0. The van der Waals surface area contributed by atoms with E-state index in [1.165, 1.54) is 0 Å². The molecule has 1 aliphatic heterocycles. The van der Waals surface area contributed by atoms with Crippen LogP contribution in [0.4, 0.5) is 5.95 Å². The van der Waals surface area contributed by atoms with Crippen molar-refractivity contribution in [2.45, 2.75) is 0 Å². The third-order valence-corrected chi connectivity index (χ3v) is 3.80. The monoisotopic (exact) mass is 280 g/mol. The molecule has 1 N–H and O–H groups in total. The molecular formula is C16H16N4O. The highest BCUT2D eigenvalue weighted by atomic mass is 16.3. The SMILES string of the molecule is c1ccc2c(-c3ccnc(N4CCNCC4)n3)coc2c1. The van der Waals surface area contributed by atoms with Crippen molar-refractivity contribution in [1.82, 2.24) is 15.3 Å². The number of hydrogen-bond donors (Lipinski definition) is 1. The zero-order valence-corrected chi connectivity index (χ0v) is 11.6. The van der Waals surface area contributed by atoms with Crippen molar-refractivity contribution in [1.29, 1.82) is 0 Å². The Labute approximate surface area is 122 Å². The topological polar surface area (TPSA) is 54.2 Å². The molecule has 3 heterocycles. The van der Waals surface area contributed by atoms with Crippen LogP contribution in [-0.4, -0.2) is 36.1 Å². The van der Waals surface area contributed by atoms with Crippen LogP contribution in [-0.2, 0) is 0 Å². The van der Waals surface area contributed by atoms with Crippen molar-refractivity contribution in [2.75, 3.05) is 31.1 Å². The minimum atomic E-state index is 0.791. The van der Waals surface area contributed by atoms with Gasteiger partial charge in [0.15, 0.2) is 0 Å². The zero-order valence-electron chi connectivity index (χ0n) is 11.6. The van der Waals surface area contributed by atoms with Gasteiger partial charge in [0.05, 0.1) is 5.69 Å². The summed E-state index contributed by atoms with van der Waals surface area (Å²) in [6, 6.07) is 9.95. The maximum atomic E-state index is 5.60. The molecule has 0 atom stereocenters. The second-order valence-electron chi connectivity index (χ2n) is 5.12. The van der Waals surface area contributed by atoms with Gasteiger partial charge < -0.3 is 14.6 Å². The van der Waals surface area contributed by atoms with Gasteiger partial charge in [0.1, 0.15) is 11.8 Å². The normalized spacial score (nSPS) is 15.5. The van der Waals surface area contributed by atoms with Crippen LogP contribution >= 0.6 is 0 Å². The molecule has 106 valence electrons. The number of aromatic nitrogens is 2. The van der Waals surface area contributed by atoms with E-state index in [2.05, 4.69) is 21.3 Å². The van der Waals surface area contributed by atoms with Crippen LogP contribution in [0.25, 0.3) is 22.2 Å². The first-order chi connectivity index (χ1) is 10.4. The Balaban J connectivity index is 1.75. The van der Waals surface area contributed by atoms with E-state index >= 15 is 0 Å². The number of fused-ring (bicyclic) bond motifs is 1. The molecule has 5 heteroatoms. The molecule has 21 heavy (non-hydrogen) atoms. The van der Waals surface area contributed by atoms with Gasteiger partial charge in [0.25, 0.3) is 0 Å². The Morgan fingerprint density at radius 3 is 2.86 bits per heavy atom. The number of hydrogen-bond acceptors (Lipinski definition) is 5. The number of anilines is 1. The molecule has 0 spiro atoms. The molecule has 2 aromatic heterocycles. The smallest absolute Gasteiger partial charge is 0.225 e. The van der Waals surface area contributed by atoms with Crippen molar-refractivity contribution < 1.29 is 4.42 Å². The molecule has 0 radical (unpaired) electrons. The lowest BCUT2D eigenvalue weighted by Gasteiger charge is -2.27. The lowest BCUT2D eigenvalue weighted by molar-refractivity contribution is 0.580. The van der Waals surface area contributed by atoms with Gasteiger partial charge in [-0.1, -0.05) is 18.2 Å². The molecule has 0 saturated carbocycles. The van der Waals surface area contributed by atoms with Crippen LogP contribution in [0.15, 0.2) is 47.2 Å². The summed E-state index contributed by atoms with van der Waals surface area (Å²) < 4.78 is 5.60. The van der Waals surface area contributed by atoms with Crippen LogP contribution in [0.2, 0.25) is 0 Å². The molecule has 0 unspecified atom stereocenters. The number of rotatable bonds is 2. The minimum Gasteiger partial charge on any atom is -0.464 e. The Hall–Kier alpha value is -2.40. The molecule has 0 bridgehead atoms. The van der Waals surface area contributed by atoms with Crippen LogP contribution < -0.4 is 10.2 Å².